The van der Waals surface area contributed by atoms with Gasteiger partial charge in [-0.3, -0.25) is 14.9 Å². The van der Waals surface area contributed by atoms with Crippen molar-refractivity contribution in [2.24, 2.45) is 0 Å². The number of likely N-dealkylation sites (tertiary alicyclic amines) is 1. The lowest BCUT2D eigenvalue weighted by molar-refractivity contribution is -0.115. The van der Waals surface area contributed by atoms with Gasteiger partial charge in [0.25, 0.3) is 5.91 Å². The molecule has 0 atom stereocenters. The van der Waals surface area contributed by atoms with E-state index < -0.39 is 5.91 Å². The minimum atomic E-state index is -0.393. The Morgan fingerprint density at radius 2 is 1.74 bits per heavy atom. The van der Waals surface area contributed by atoms with Gasteiger partial charge in [0.1, 0.15) is 0 Å². The van der Waals surface area contributed by atoms with Crippen LogP contribution < -0.4 is 20.1 Å². The average molecular weight is 440 g/mol. The van der Waals surface area contributed by atoms with Gasteiger partial charge in [0, 0.05) is 19.2 Å². The number of anilines is 1. The molecule has 8 heteroatoms. The van der Waals surface area contributed by atoms with E-state index in [9.17, 15) is 9.59 Å². The van der Waals surface area contributed by atoms with E-state index in [2.05, 4.69) is 10.6 Å². The fraction of sp³-hybridized carbons (Fsp3) is 0.261. The maximum Gasteiger partial charge on any atom is 0.255 e. The quantitative estimate of drug-likeness (QED) is 0.530. The average Bonchev–Trinajstić information content (AvgIpc) is 3.32. The molecule has 1 saturated heterocycles. The molecule has 0 unspecified atom stereocenters. The molecular weight excluding hydrogens is 414 g/mol. The van der Waals surface area contributed by atoms with Crippen LogP contribution in [0.5, 0.6) is 11.5 Å². The van der Waals surface area contributed by atoms with Gasteiger partial charge in [-0.15, -0.1) is 0 Å². The minimum Gasteiger partial charge on any atom is -0.493 e. The van der Waals surface area contributed by atoms with Crippen LogP contribution >= 0.6 is 12.2 Å². The van der Waals surface area contributed by atoms with Crippen LogP contribution in [0.1, 0.15) is 28.8 Å². The highest BCUT2D eigenvalue weighted by molar-refractivity contribution is 7.80. The third-order valence-corrected chi connectivity index (χ3v) is 5.07. The summed E-state index contributed by atoms with van der Waals surface area (Å²) in [4.78, 5) is 26.8. The second kappa shape index (κ2) is 10.6. The summed E-state index contributed by atoms with van der Waals surface area (Å²) in [6.07, 6.45) is 5.05. The second-order valence-electron chi connectivity index (χ2n) is 6.94. The zero-order valence-electron chi connectivity index (χ0n) is 17.5. The Balaban J connectivity index is 1.62. The summed E-state index contributed by atoms with van der Waals surface area (Å²) in [6.45, 7) is 1.52. The molecule has 7 nitrogen and oxygen atoms in total. The number of ether oxygens (including phenoxy) is 2. The topological polar surface area (TPSA) is 79.9 Å². The van der Waals surface area contributed by atoms with Crippen molar-refractivity contribution in [2.75, 3.05) is 32.6 Å². The van der Waals surface area contributed by atoms with Crippen molar-refractivity contribution in [3.8, 4) is 11.5 Å². The van der Waals surface area contributed by atoms with Crippen LogP contribution in [0.25, 0.3) is 6.08 Å². The number of carbonyl (C=O) groups excluding carboxylic acids is 2. The van der Waals surface area contributed by atoms with Gasteiger partial charge < -0.3 is 19.7 Å². The molecule has 2 N–H and O–H groups in total. The predicted octanol–water partition coefficient (Wildman–Crippen LogP) is 3.47. The van der Waals surface area contributed by atoms with Gasteiger partial charge >= 0.3 is 0 Å². The maximum absolute atomic E-state index is 12.8. The number of carbonyl (C=O) groups is 2. The fourth-order valence-electron chi connectivity index (χ4n) is 3.30. The number of benzene rings is 2. The van der Waals surface area contributed by atoms with E-state index >= 15 is 0 Å². The van der Waals surface area contributed by atoms with Gasteiger partial charge in [-0.05, 0) is 61.0 Å². The van der Waals surface area contributed by atoms with E-state index in [1.165, 1.54) is 6.08 Å². The zero-order chi connectivity index (χ0) is 22.2. The Bertz CT molecular complexity index is 1000. The first kappa shape index (κ1) is 22.3. The number of hydrogen-bond donors (Lipinski definition) is 2. The highest BCUT2D eigenvalue weighted by Gasteiger charge is 2.22. The Hall–Kier alpha value is -3.39. The number of methoxy groups -OCH3 is 2. The number of nitrogens with one attached hydrogen (secondary N) is 2. The van der Waals surface area contributed by atoms with Crippen molar-refractivity contribution in [2.45, 2.75) is 12.8 Å². The molecule has 2 amide bonds. The number of amides is 2. The first-order chi connectivity index (χ1) is 15.0. The number of nitrogens with zero attached hydrogens (tertiary/aromatic N) is 1. The van der Waals surface area contributed by atoms with Crippen LogP contribution in [0.2, 0.25) is 0 Å². The molecule has 2 aromatic carbocycles. The highest BCUT2D eigenvalue weighted by atomic mass is 32.1. The molecule has 1 fully saturated rings. The van der Waals surface area contributed by atoms with Crippen molar-refractivity contribution in [1.29, 1.82) is 0 Å². The molecule has 0 saturated carbocycles. The number of rotatable bonds is 6. The normalized spacial score (nSPS) is 13.2. The van der Waals surface area contributed by atoms with Crippen LogP contribution in [-0.2, 0) is 4.79 Å². The molecule has 1 heterocycles. The summed E-state index contributed by atoms with van der Waals surface area (Å²) < 4.78 is 10.5. The van der Waals surface area contributed by atoms with E-state index in [1.54, 1.807) is 44.6 Å². The van der Waals surface area contributed by atoms with E-state index in [0.717, 1.165) is 31.5 Å². The molecule has 1 aliphatic rings. The lowest BCUT2D eigenvalue weighted by Gasteiger charge is -2.18. The molecule has 2 aromatic rings. The van der Waals surface area contributed by atoms with Gasteiger partial charge in [-0.2, -0.15) is 0 Å². The zero-order valence-corrected chi connectivity index (χ0v) is 18.3. The SMILES string of the molecule is COc1ccc(/C=C/C(=O)NC(=S)Nc2ccccc2C(=O)N2CCCC2)cc1OC. The van der Waals surface area contributed by atoms with E-state index in [4.69, 9.17) is 21.7 Å². The van der Waals surface area contributed by atoms with E-state index in [0.29, 0.717) is 22.7 Å². The van der Waals surface area contributed by atoms with Crippen LogP contribution in [0.15, 0.2) is 48.5 Å². The van der Waals surface area contributed by atoms with Crippen molar-refractivity contribution < 1.29 is 19.1 Å². The van der Waals surface area contributed by atoms with Gasteiger partial charge in [-0.25, -0.2) is 0 Å². The molecule has 0 radical (unpaired) electrons. The summed E-state index contributed by atoms with van der Waals surface area (Å²) in [6, 6.07) is 12.5. The lowest BCUT2D eigenvalue weighted by Crippen LogP contribution is -2.34. The van der Waals surface area contributed by atoms with Gasteiger partial charge in [0.15, 0.2) is 16.6 Å². The standard InChI is InChI=1S/C23H25N3O4S/c1-29-19-11-9-16(15-20(19)30-2)10-12-21(27)25-23(31)24-18-8-4-3-7-17(18)22(28)26-13-5-6-14-26/h3-4,7-12,15H,5-6,13-14H2,1-2H3,(H2,24,25,27,31)/b12-10+. The highest BCUT2D eigenvalue weighted by Crippen LogP contribution is 2.28. The molecular formula is C23H25N3O4S. The van der Waals surface area contributed by atoms with Crippen LogP contribution in [0.3, 0.4) is 0 Å². The van der Waals surface area contributed by atoms with Crippen LogP contribution in [0, 0.1) is 0 Å². The molecule has 3 rings (SSSR count). The molecule has 0 spiro atoms. The largest absolute Gasteiger partial charge is 0.493 e. The maximum atomic E-state index is 12.8. The fourth-order valence-corrected chi connectivity index (χ4v) is 3.52. The Morgan fingerprint density at radius 3 is 2.45 bits per heavy atom. The Kier molecular flexibility index (Phi) is 7.61. The summed E-state index contributed by atoms with van der Waals surface area (Å²) in [5.41, 5.74) is 1.86. The van der Waals surface area contributed by atoms with Crippen molar-refractivity contribution >= 4 is 40.9 Å². The molecule has 31 heavy (non-hydrogen) atoms. The third kappa shape index (κ3) is 5.82. The van der Waals surface area contributed by atoms with Crippen molar-refractivity contribution in [1.82, 2.24) is 10.2 Å². The molecule has 0 bridgehead atoms. The number of hydrogen-bond acceptors (Lipinski definition) is 5. The lowest BCUT2D eigenvalue weighted by atomic mass is 10.1. The van der Waals surface area contributed by atoms with Crippen molar-refractivity contribution in [3.63, 3.8) is 0 Å². The smallest absolute Gasteiger partial charge is 0.255 e. The predicted molar refractivity (Wildman–Crippen MR) is 125 cm³/mol. The molecule has 162 valence electrons. The Labute approximate surface area is 187 Å². The van der Waals surface area contributed by atoms with Gasteiger partial charge in [0.2, 0.25) is 5.91 Å². The van der Waals surface area contributed by atoms with E-state index in [1.807, 2.05) is 23.1 Å². The van der Waals surface area contributed by atoms with Crippen LogP contribution in [0.4, 0.5) is 5.69 Å². The van der Waals surface area contributed by atoms with Gasteiger partial charge in [0.05, 0.1) is 25.5 Å². The van der Waals surface area contributed by atoms with E-state index in [-0.39, 0.29) is 11.0 Å². The first-order valence-corrected chi connectivity index (χ1v) is 10.3. The molecule has 1 aliphatic heterocycles. The third-order valence-electron chi connectivity index (χ3n) is 4.87. The number of para-hydroxylation sites is 1. The monoisotopic (exact) mass is 439 g/mol. The van der Waals surface area contributed by atoms with Crippen LogP contribution in [-0.4, -0.2) is 49.1 Å². The number of thiocarbonyl (C=S) groups is 1. The Morgan fingerprint density at radius 1 is 1.03 bits per heavy atom. The summed E-state index contributed by atoms with van der Waals surface area (Å²) in [5.74, 6) is 0.747. The minimum absolute atomic E-state index is 0.0388. The second-order valence-corrected chi connectivity index (χ2v) is 7.34. The molecule has 0 aromatic heterocycles. The van der Waals surface area contributed by atoms with Gasteiger partial charge in [-0.1, -0.05) is 18.2 Å². The first-order valence-electron chi connectivity index (χ1n) is 9.92. The molecule has 0 aliphatic carbocycles. The summed E-state index contributed by atoms with van der Waals surface area (Å²) in [5, 5.41) is 5.67. The summed E-state index contributed by atoms with van der Waals surface area (Å²) in [7, 11) is 3.11. The van der Waals surface area contributed by atoms with Crippen molar-refractivity contribution in [3.05, 3.63) is 59.7 Å². The summed E-state index contributed by atoms with van der Waals surface area (Å²) >= 11 is 5.26.